The van der Waals surface area contributed by atoms with Crippen molar-refractivity contribution in [2.45, 2.75) is 23.8 Å². The van der Waals surface area contributed by atoms with Crippen LogP contribution in [0.5, 0.6) is 11.5 Å². The minimum Gasteiger partial charge on any atom is -0.497 e. The number of rotatable bonds is 6. The number of ether oxygens (including phenoxy) is 2. The van der Waals surface area contributed by atoms with E-state index in [9.17, 15) is 13.2 Å². The highest BCUT2D eigenvalue weighted by molar-refractivity contribution is 7.89. The summed E-state index contributed by atoms with van der Waals surface area (Å²) in [6, 6.07) is 9.01. The van der Waals surface area contributed by atoms with Crippen LogP contribution in [-0.2, 0) is 14.8 Å². The Morgan fingerprint density at radius 2 is 2.03 bits per heavy atom. The van der Waals surface area contributed by atoms with E-state index in [2.05, 4.69) is 14.1 Å². The van der Waals surface area contributed by atoms with Crippen LogP contribution in [0.3, 0.4) is 0 Å². The topological polar surface area (TPSA) is 111 Å². The lowest BCUT2D eigenvalue weighted by molar-refractivity contribution is -0.119. The van der Waals surface area contributed by atoms with Crippen LogP contribution in [0.15, 0.2) is 41.3 Å². The number of methoxy groups -OCH3 is 2. The molecule has 9 nitrogen and oxygen atoms in total. The first-order chi connectivity index (χ1) is 14.5. The predicted molar refractivity (Wildman–Crippen MR) is 113 cm³/mol. The van der Waals surface area contributed by atoms with E-state index >= 15 is 0 Å². The van der Waals surface area contributed by atoms with Crippen molar-refractivity contribution in [3.05, 3.63) is 36.4 Å². The van der Waals surface area contributed by atoms with Gasteiger partial charge in [-0.3, -0.25) is 4.79 Å². The second-order valence-electron chi connectivity index (χ2n) is 6.72. The molecule has 158 valence electrons. The molecule has 0 spiro atoms. The number of anilines is 1. The monoisotopic (exact) mass is 448 g/mol. The minimum atomic E-state index is -3.92. The maximum Gasteiger partial charge on any atom is 0.246 e. The second-order valence-corrected chi connectivity index (χ2v) is 9.10. The van der Waals surface area contributed by atoms with Crippen molar-refractivity contribution >= 4 is 44.4 Å². The van der Waals surface area contributed by atoms with Gasteiger partial charge in [0, 0.05) is 12.6 Å². The average molecular weight is 449 g/mol. The molecule has 1 amide bonds. The molecule has 2 heterocycles. The van der Waals surface area contributed by atoms with Crippen LogP contribution < -0.4 is 14.8 Å². The maximum absolute atomic E-state index is 13.4. The van der Waals surface area contributed by atoms with Crippen molar-refractivity contribution in [1.82, 2.24) is 13.1 Å². The summed E-state index contributed by atoms with van der Waals surface area (Å²) in [6.07, 6.45) is 1.01. The number of nitrogens with one attached hydrogen (secondary N) is 1. The van der Waals surface area contributed by atoms with Crippen molar-refractivity contribution in [3.8, 4) is 11.5 Å². The number of carbonyl (C=O) groups excluding carboxylic acids is 1. The fourth-order valence-corrected chi connectivity index (χ4v) is 5.93. The van der Waals surface area contributed by atoms with Gasteiger partial charge in [0.1, 0.15) is 33.5 Å². The Labute approximate surface area is 178 Å². The predicted octanol–water partition coefficient (Wildman–Crippen LogP) is 2.50. The summed E-state index contributed by atoms with van der Waals surface area (Å²) < 4.78 is 46.7. The number of aromatic nitrogens is 2. The summed E-state index contributed by atoms with van der Waals surface area (Å²) in [5.74, 6) is 0.594. The highest BCUT2D eigenvalue weighted by atomic mass is 32.2. The minimum absolute atomic E-state index is 0.0653. The molecule has 1 N–H and O–H groups in total. The molecule has 3 aromatic rings. The molecule has 1 unspecified atom stereocenters. The van der Waals surface area contributed by atoms with Crippen molar-refractivity contribution in [2.24, 2.45) is 0 Å². The van der Waals surface area contributed by atoms with Crippen molar-refractivity contribution in [3.63, 3.8) is 0 Å². The number of hydrogen-bond acceptors (Lipinski definition) is 8. The van der Waals surface area contributed by atoms with E-state index in [1.807, 2.05) is 0 Å². The third kappa shape index (κ3) is 3.59. The number of hydrogen-bond donors (Lipinski definition) is 1. The van der Waals surface area contributed by atoms with E-state index < -0.39 is 22.0 Å². The van der Waals surface area contributed by atoms with Crippen LogP contribution >= 0.6 is 11.7 Å². The second kappa shape index (κ2) is 8.17. The number of nitrogens with zero attached hydrogens (tertiary/aromatic N) is 3. The zero-order chi connectivity index (χ0) is 21.3. The first-order valence-electron chi connectivity index (χ1n) is 9.21. The largest absolute Gasteiger partial charge is 0.497 e. The lowest BCUT2D eigenvalue weighted by Crippen LogP contribution is -2.43. The SMILES string of the molecule is COc1ccc(NC(=O)C2CCCN2S(=O)(=O)c2cccc3nsnc23)c(OC)c1. The first-order valence-corrected chi connectivity index (χ1v) is 11.4. The Balaban J connectivity index is 1.62. The Bertz CT molecular complexity index is 1190. The Morgan fingerprint density at radius 1 is 1.20 bits per heavy atom. The van der Waals surface area contributed by atoms with Gasteiger partial charge in [-0.1, -0.05) is 6.07 Å². The fraction of sp³-hybridized carbons (Fsp3) is 0.316. The third-order valence-corrected chi connectivity index (χ3v) is 7.49. The van der Waals surface area contributed by atoms with Crippen LogP contribution in [0, 0.1) is 0 Å². The van der Waals surface area contributed by atoms with Gasteiger partial charge in [0.05, 0.1) is 31.6 Å². The first kappa shape index (κ1) is 20.5. The van der Waals surface area contributed by atoms with Gasteiger partial charge in [-0.25, -0.2) is 8.42 Å². The van der Waals surface area contributed by atoms with E-state index in [-0.39, 0.29) is 11.4 Å². The van der Waals surface area contributed by atoms with E-state index in [1.54, 1.807) is 30.3 Å². The van der Waals surface area contributed by atoms with Gasteiger partial charge in [0.25, 0.3) is 0 Å². The molecule has 0 aliphatic carbocycles. The van der Waals surface area contributed by atoms with Crippen molar-refractivity contribution in [1.29, 1.82) is 0 Å². The van der Waals surface area contributed by atoms with Gasteiger partial charge in [-0.15, -0.1) is 0 Å². The number of fused-ring (bicyclic) bond motifs is 1. The molecule has 0 radical (unpaired) electrons. The summed E-state index contributed by atoms with van der Waals surface area (Å²) in [6.45, 7) is 0.258. The normalized spacial score (nSPS) is 17.2. The molecule has 0 saturated carbocycles. The van der Waals surface area contributed by atoms with Gasteiger partial charge < -0.3 is 14.8 Å². The Morgan fingerprint density at radius 3 is 2.80 bits per heavy atom. The molecule has 1 aromatic heterocycles. The number of sulfonamides is 1. The molecule has 0 bridgehead atoms. The van der Waals surface area contributed by atoms with Crippen LogP contribution in [0.25, 0.3) is 11.0 Å². The average Bonchev–Trinajstić information content (AvgIpc) is 3.43. The van der Waals surface area contributed by atoms with Gasteiger partial charge in [0.2, 0.25) is 15.9 Å². The van der Waals surface area contributed by atoms with Gasteiger partial charge in [-0.2, -0.15) is 13.1 Å². The highest BCUT2D eigenvalue weighted by Crippen LogP contribution is 2.32. The van der Waals surface area contributed by atoms with E-state index in [1.165, 1.54) is 24.6 Å². The van der Waals surface area contributed by atoms with Crippen molar-refractivity contribution in [2.75, 3.05) is 26.1 Å². The summed E-state index contributed by atoms with van der Waals surface area (Å²) >= 11 is 0.955. The van der Waals surface area contributed by atoms with Crippen LogP contribution in [-0.4, -0.2) is 54.2 Å². The van der Waals surface area contributed by atoms with Gasteiger partial charge in [-0.05, 0) is 37.1 Å². The van der Waals surface area contributed by atoms with Gasteiger partial charge >= 0.3 is 0 Å². The zero-order valence-electron chi connectivity index (χ0n) is 16.4. The summed E-state index contributed by atoms with van der Waals surface area (Å²) in [5.41, 5.74) is 1.29. The summed E-state index contributed by atoms with van der Waals surface area (Å²) in [4.78, 5) is 13.1. The fourth-order valence-electron chi connectivity index (χ4n) is 3.52. The molecule has 11 heteroatoms. The quantitative estimate of drug-likeness (QED) is 0.617. The van der Waals surface area contributed by atoms with E-state index in [0.29, 0.717) is 41.1 Å². The Kier molecular flexibility index (Phi) is 5.58. The molecule has 1 saturated heterocycles. The van der Waals surface area contributed by atoms with Crippen molar-refractivity contribution < 1.29 is 22.7 Å². The molecule has 1 atom stereocenters. The summed E-state index contributed by atoms with van der Waals surface area (Å²) in [5, 5.41) is 2.79. The van der Waals surface area contributed by atoms with Crippen LogP contribution in [0.4, 0.5) is 5.69 Å². The number of benzene rings is 2. The van der Waals surface area contributed by atoms with Crippen LogP contribution in [0.1, 0.15) is 12.8 Å². The standard InChI is InChI=1S/C19H20N4O5S2/c1-27-12-8-9-13(16(11-12)28-2)20-19(24)15-6-4-10-23(15)30(25,26)17-7-3-5-14-18(17)22-29-21-14/h3,5,7-9,11,15H,4,6,10H2,1-2H3,(H,20,24). The molecular weight excluding hydrogens is 428 g/mol. The van der Waals surface area contributed by atoms with Gasteiger partial charge in [0.15, 0.2) is 0 Å². The van der Waals surface area contributed by atoms with Crippen LogP contribution in [0.2, 0.25) is 0 Å². The molecule has 1 aliphatic rings. The molecule has 2 aromatic carbocycles. The maximum atomic E-state index is 13.4. The molecule has 1 fully saturated rings. The zero-order valence-corrected chi connectivity index (χ0v) is 18.0. The number of carbonyl (C=O) groups is 1. The van der Waals surface area contributed by atoms with E-state index in [4.69, 9.17) is 9.47 Å². The third-order valence-electron chi connectivity index (χ3n) is 5.01. The van der Waals surface area contributed by atoms with E-state index in [0.717, 1.165) is 11.7 Å². The molecule has 1 aliphatic heterocycles. The Hall–Kier alpha value is -2.76. The molecule has 30 heavy (non-hydrogen) atoms. The lowest BCUT2D eigenvalue weighted by atomic mass is 10.2. The smallest absolute Gasteiger partial charge is 0.246 e. The summed E-state index contributed by atoms with van der Waals surface area (Å²) in [7, 11) is -0.903. The molecular formula is C19H20N4O5S2. The molecule has 4 rings (SSSR count). The lowest BCUT2D eigenvalue weighted by Gasteiger charge is -2.24. The number of amides is 1. The highest BCUT2D eigenvalue weighted by Gasteiger charge is 2.40.